The van der Waals surface area contributed by atoms with Crippen LogP contribution in [0.15, 0.2) is 60.7 Å². The molecule has 2 aliphatic rings. The third kappa shape index (κ3) is 2.93. The van der Waals surface area contributed by atoms with Crippen LogP contribution in [-0.4, -0.2) is 8.07 Å². The van der Waals surface area contributed by atoms with Gasteiger partial charge in [0.1, 0.15) is 0 Å². The summed E-state index contributed by atoms with van der Waals surface area (Å²) >= 11 is 0. The summed E-state index contributed by atoms with van der Waals surface area (Å²) in [5, 5.41) is 0. The van der Waals surface area contributed by atoms with Gasteiger partial charge in [0, 0.05) is 0 Å². The van der Waals surface area contributed by atoms with E-state index in [1.54, 1.807) is 11.1 Å². The summed E-state index contributed by atoms with van der Waals surface area (Å²) in [6.45, 7) is 4.82. The number of allylic oxidation sites excluding steroid dienone is 2. The van der Waals surface area contributed by atoms with Gasteiger partial charge in [-0.1, -0.05) is 105 Å². The molecule has 0 N–H and O–H groups in total. The maximum Gasteiger partial charge on any atom is 1.00 e. The molecule has 0 radical (unpaired) electrons. The van der Waals surface area contributed by atoms with Crippen molar-refractivity contribution in [1.29, 1.82) is 0 Å². The van der Waals surface area contributed by atoms with Crippen molar-refractivity contribution < 1.29 is 18.9 Å². The molecule has 0 bridgehead atoms. The first-order valence-corrected chi connectivity index (χ1v) is 11.9. The molecule has 2 aliphatic carbocycles. The van der Waals surface area contributed by atoms with Crippen LogP contribution in [0.25, 0.3) is 12.2 Å². The summed E-state index contributed by atoms with van der Waals surface area (Å²) in [4.78, 5) is 0. The first-order valence-electron chi connectivity index (χ1n) is 9.34. The van der Waals surface area contributed by atoms with E-state index in [1.165, 1.54) is 29.6 Å². The third-order valence-corrected chi connectivity index (χ3v) is 12.4. The summed E-state index contributed by atoms with van der Waals surface area (Å²) in [5.41, 5.74) is 7.35. The maximum absolute atomic E-state index is 2.53. The molecule has 2 atom stereocenters. The Hall–Kier alpha value is -1.27. The molecule has 0 fully saturated rings. The van der Waals surface area contributed by atoms with Gasteiger partial charge < -0.3 is 0 Å². The molecule has 0 nitrogen and oxygen atoms in total. The molecule has 0 spiro atoms. The van der Waals surface area contributed by atoms with Gasteiger partial charge in [-0.25, -0.2) is 0 Å². The van der Waals surface area contributed by atoms with Gasteiger partial charge >= 0.3 is 18.9 Å². The molecular weight excluding hydrogens is 311 g/mol. The minimum absolute atomic E-state index is 0. The predicted octanol–water partition coefficient (Wildman–Crippen LogP) is 3.57. The fourth-order valence-electron chi connectivity index (χ4n) is 5.09. The SMILES string of the molecule is CCC[Si](CC)(C1C=Cc2ccccc21)C1C=Cc2ccccc21.[Li+]. The van der Waals surface area contributed by atoms with Crippen molar-refractivity contribution in [1.82, 2.24) is 0 Å². The molecule has 2 aromatic rings. The standard InChI is InChI=1S/C23H26Si.Li/c1-3-17-24(4-2,22-15-13-18-9-5-7-11-20(18)22)23-16-14-19-10-6-8-12-21(19)23;/h5-16,22-23H,3-4,17H2,1-2H3;/q;+1. The van der Waals surface area contributed by atoms with Gasteiger partial charge in [0.2, 0.25) is 0 Å². The second-order valence-corrected chi connectivity index (χ2v) is 12.2. The zero-order valence-electron chi connectivity index (χ0n) is 15.7. The molecule has 4 rings (SSSR count). The Bertz CT molecular complexity index is 744. The Labute approximate surface area is 165 Å². The van der Waals surface area contributed by atoms with Gasteiger partial charge in [0.15, 0.2) is 0 Å². The van der Waals surface area contributed by atoms with Crippen molar-refractivity contribution in [3.8, 4) is 0 Å². The van der Waals surface area contributed by atoms with Crippen LogP contribution in [-0.2, 0) is 0 Å². The number of hydrogen-bond donors (Lipinski definition) is 0. The fourth-order valence-corrected chi connectivity index (χ4v) is 11.0. The molecule has 0 amide bonds. The number of fused-ring (bicyclic) bond motifs is 2. The second kappa shape index (κ2) is 7.54. The van der Waals surface area contributed by atoms with Crippen LogP contribution in [0.1, 0.15) is 53.6 Å². The normalized spacial score (nSPS) is 22.2. The van der Waals surface area contributed by atoms with Crippen LogP contribution < -0.4 is 18.9 Å². The van der Waals surface area contributed by atoms with E-state index in [0.717, 1.165) is 0 Å². The van der Waals surface area contributed by atoms with Crippen LogP contribution >= 0.6 is 0 Å². The molecule has 0 aliphatic heterocycles. The Morgan fingerprint density at radius 3 is 1.68 bits per heavy atom. The van der Waals surface area contributed by atoms with E-state index in [-0.39, 0.29) is 18.9 Å². The average Bonchev–Trinajstić information content (AvgIpc) is 3.25. The van der Waals surface area contributed by atoms with Gasteiger partial charge in [-0.3, -0.25) is 0 Å². The van der Waals surface area contributed by atoms with Gasteiger partial charge in [0.05, 0.1) is 8.07 Å². The van der Waals surface area contributed by atoms with Crippen molar-refractivity contribution in [2.24, 2.45) is 0 Å². The zero-order chi connectivity index (χ0) is 16.6. The molecule has 0 saturated carbocycles. The Balaban J connectivity index is 0.00000182. The number of hydrogen-bond acceptors (Lipinski definition) is 0. The van der Waals surface area contributed by atoms with Gasteiger partial charge in [-0.2, -0.15) is 0 Å². The number of benzene rings is 2. The Morgan fingerprint density at radius 2 is 1.24 bits per heavy atom. The van der Waals surface area contributed by atoms with Crippen molar-refractivity contribution >= 4 is 20.2 Å². The van der Waals surface area contributed by atoms with Crippen molar-refractivity contribution in [2.45, 2.75) is 43.4 Å². The van der Waals surface area contributed by atoms with Crippen molar-refractivity contribution in [3.63, 3.8) is 0 Å². The minimum atomic E-state index is -1.58. The first kappa shape index (κ1) is 18.5. The summed E-state index contributed by atoms with van der Waals surface area (Å²) in [5.74, 6) is 0. The summed E-state index contributed by atoms with van der Waals surface area (Å²) in [7, 11) is -1.58. The Kier molecular flexibility index (Phi) is 5.59. The predicted molar refractivity (Wildman–Crippen MR) is 108 cm³/mol. The average molecular weight is 337 g/mol. The molecule has 2 aromatic carbocycles. The molecule has 25 heavy (non-hydrogen) atoms. The second-order valence-electron chi connectivity index (χ2n) is 7.27. The fraction of sp³-hybridized carbons (Fsp3) is 0.304. The van der Waals surface area contributed by atoms with Gasteiger partial charge in [-0.05, 0) is 33.3 Å². The molecular formula is C23H26LiSi+. The quantitative estimate of drug-likeness (QED) is 0.732. The summed E-state index contributed by atoms with van der Waals surface area (Å²) in [6.07, 6.45) is 11.1. The summed E-state index contributed by atoms with van der Waals surface area (Å²) < 4.78 is 0. The zero-order valence-corrected chi connectivity index (χ0v) is 16.7. The maximum atomic E-state index is 2.53. The van der Waals surface area contributed by atoms with E-state index in [0.29, 0.717) is 11.1 Å². The molecule has 122 valence electrons. The van der Waals surface area contributed by atoms with E-state index in [2.05, 4.69) is 86.7 Å². The minimum Gasteiger partial charge on any atom is -0.0791 e. The first-order chi connectivity index (χ1) is 11.8. The van der Waals surface area contributed by atoms with E-state index in [4.69, 9.17) is 0 Å². The van der Waals surface area contributed by atoms with Crippen LogP contribution in [0, 0.1) is 0 Å². The molecule has 0 saturated heterocycles. The molecule has 0 heterocycles. The van der Waals surface area contributed by atoms with Crippen LogP contribution in [0.2, 0.25) is 12.1 Å². The largest absolute Gasteiger partial charge is 1.00 e. The molecule has 2 unspecified atom stereocenters. The van der Waals surface area contributed by atoms with Crippen molar-refractivity contribution in [2.75, 3.05) is 0 Å². The van der Waals surface area contributed by atoms with E-state index in [9.17, 15) is 0 Å². The molecule has 0 aromatic heterocycles. The van der Waals surface area contributed by atoms with Crippen LogP contribution in [0.4, 0.5) is 0 Å². The monoisotopic (exact) mass is 337 g/mol. The number of rotatable bonds is 5. The Morgan fingerprint density at radius 1 is 0.760 bits per heavy atom. The van der Waals surface area contributed by atoms with Gasteiger partial charge in [-0.15, -0.1) is 0 Å². The van der Waals surface area contributed by atoms with E-state index in [1.807, 2.05) is 0 Å². The van der Waals surface area contributed by atoms with Gasteiger partial charge in [0.25, 0.3) is 0 Å². The topological polar surface area (TPSA) is 0 Å². The van der Waals surface area contributed by atoms with Crippen LogP contribution in [0.5, 0.6) is 0 Å². The third-order valence-electron chi connectivity index (χ3n) is 6.21. The van der Waals surface area contributed by atoms with Crippen LogP contribution in [0.3, 0.4) is 0 Å². The van der Waals surface area contributed by atoms with E-state index < -0.39 is 8.07 Å². The smallest absolute Gasteiger partial charge is 0.0791 e. The summed E-state index contributed by atoms with van der Waals surface area (Å²) in [6, 6.07) is 20.8. The van der Waals surface area contributed by atoms with E-state index >= 15 is 0 Å². The molecule has 2 heteroatoms. The van der Waals surface area contributed by atoms with Crippen molar-refractivity contribution in [3.05, 3.63) is 82.9 Å².